The van der Waals surface area contributed by atoms with Gasteiger partial charge in [0.25, 0.3) is 5.69 Å². The van der Waals surface area contributed by atoms with E-state index in [1.165, 1.54) is 25.7 Å². The largest absolute Gasteiger partial charge is 0.309 e. The first kappa shape index (κ1) is 16.0. The van der Waals surface area contributed by atoms with Crippen LogP contribution >= 0.6 is 0 Å². The van der Waals surface area contributed by atoms with Crippen LogP contribution in [-0.4, -0.2) is 11.0 Å². The van der Waals surface area contributed by atoms with E-state index >= 15 is 0 Å². The Morgan fingerprint density at radius 3 is 2.57 bits per heavy atom. The highest BCUT2D eigenvalue weighted by atomic mass is 16.6. The summed E-state index contributed by atoms with van der Waals surface area (Å²) in [5.74, 6) is 0.633. The fourth-order valence-electron chi connectivity index (χ4n) is 3.49. The SMILES string of the molecule is CC(C)(C)C1CCCCC1NCc1ccccc1[N+](=O)[O-]. The Morgan fingerprint density at radius 2 is 1.90 bits per heavy atom. The Morgan fingerprint density at radius 1 is 1.24 bits per heavy atom. The molecule has 0 spiro atoms. The monoisotopic (exact) mass is 290 g/mol. The van der Waals surface area contributed by atoms with Crippen LogP contribution in [0.1, 0.15) is 52.0 Å². The Hall–Kier alpha value is -1.42. The zero-order valence-corrected chi connectivity index (χ0v) is 13.3. The maximum absolute atomic E-state index is 11.1. The van der Waals surface area contributed by atoms with Crippen LogP contribution in [0, 0.1) is 21.4 Å². The van der Waals surface area contributed by atoms with E-state index in [9.17, 15) is 10.1 Å². The van der Waals surface area contributed by atoms with E-state index < -0.39 is 0 Å². The normalized spacial score (nSPS) is 23.0. The van der Waals surface area contributed by atoms with Gasteiger partial charge in [0.15, 0.2) is 0 Å². The number of nitrogens with zero attached hydrogens (tertiary/aromatic N) is 1. The molecule has 2 atom stereocenters. The molecule has 1 aliphatic rings. The number of hydrogen-bond acceptors (Lipinski definition) is 3. The topological polar surface area (TPSA) is 55.2 Å². The van der Waals surface area contributed by atoms with Gasteiger partial charge in [0, 0.05) is 24.2 Å². The van der Waals surface area contributed by atoms with Crippen LogP contribution in [0.4, 0.5) is 5.69 Å². The molecule has 0 amide bonds. The van der Waals surface area contributed by atoms with E-state index in [-0.39, 0.29) is 16.0 Å². The summed E-state index contributed by atoms with van der Waals surface area (Å²) in [5, 5.41) is 14.7. The molecule has 1 aromatic rings. The molecule has 2 rings (SSSR count). The van der Waals surface area contributed by atoms with E-state index in [0.29, 0.717) is 18.5 Å². The van der Waals surface area contributed by atoms with Crippen molar-refractivity contribution in [1.82, 2.24) is 5.32 Å². The van der Waals surface area contributed by atoms with Crippen LogP contribution in [-0.2, 0) is 6.54 Å². The van der Waals surface area contributed by atoms with Crippen LogP contribution in [0.25, 0.3) is 0 Å². The van der Waals surface area contributed by atoms with Crippen molar-refractivity contribution in [1.29, 1.82) is 0 Å². The third-order valence-corrected chi connectivity index (χ3v) is 4.62. The molecule has 4 heteroatoms. The van der Waals surface area contributed by atoms with E-state index in [4.69, 9.17) is 0 Å². The van der Waals surface area contributed by atoms with Crippen molar-refractivity contribution in [3.63, 3.8) is 0 Å². The van der Waals surface area contributed by atoms with Crippen molar-refractivity contribution in [3.05, 3.63) is 39.9 Å². The second-order valence-corrected chi connectivity index (χ2v) is 7.13. The van der Waals surface area contributed by atoms with Crippen LogP contribution in [0.3, 0.4) is 0 Å². The van der Waals surface area contributed by atoms with Gasteiger partial charge < -0.3 is 5.32 Å². The summed E-state index contributed by atoms with van der Waals surface area (Å²) in [5.41, 5.74) is 1.27. The zero-order valence-electron chi connectivity index (χ0n) is 13.3. The van der Waals surface area contributed by atoms with Gasteiger partial charge in [-0.05, 0) is 24.2 Å². The minimum absolute atomic E-state index is 0.216. The standard InChI is InChI=1S/C17H26N2O2/c1-17(2,3)14-9-5-6-10-15(14)18-12-13-8-4-7-11-16(13)19(20)21/h4,7-8,11,14-15,18H,5-6,9-10,12H2,1-3H3. The molecule has 0 radical (unpaired) electrons. The molecular formula is C17H26N2O2. The molecule has 0 saturated heterocycles. The van der Waals surface area contributed by atoms with Gasteiger partial charge in [-0.1, -0.05) is 51.8 Å². The van der Waals surface area contributed by atoms with E-state index in [1.54, 1.807) is 12.1 Å². The molecule has 4 nitrogen and oxygen atoms in total. The lowest BCUT2D eigenvalue weighted by molar-refractivity contribution is -0.385. The Bertz CT molecular complexity index is 494. The fourth-order valence-corrected chi connectivity index (χ4v) is 3.49. The molecule has 1 saturated carbocycles. The predicted octanol–water partition coefficient (Wildman–Crippen LogP) is 4.29. The summed E-state index contributed by atoms with van der Waals surface area (Å²) >= 11 is 0. The van der Waals surface area contributed by atoms with Crippen molar-refractivity contribution in [2.75, 3.05) is 0 Å². The minimum atomic E-state index is -0.293. The van der Waals surface area contributed by atoms with Crippen molar-refractivity contribution in [3.8, 4) is 0 Å². The van der Waals surface area contributed by atoms with Gasteiger partial charge in [-0.25, -0.2) is 0 Å². The average Bonchev–Trinajstić information content (AvgIpc) is 2.44. The maximum atomic E-state index is 11.1. The summed E-state index contributed by atoms with van der Waals surface area (Å²) in [4.78, 5) is 10.8. The van der Waals surface area contributed by atoms with Gasteiger partial charge in [-0.3, -0.25) is 10.1 Å². The van der Waals surface area contributed by atoms with Crippen LogP contribution in [0.5, 0.6) is 0 Å². The minimum Gasteiger partial charge on any atom is -0.309 e. The van der Waals surface area contributed by atoms with Crippen molar-refractivity contribution < 1.29 is 4.92 Å². The highest BCUT2D eigenvalue weighted by Gasteiger charge is 2.33. The molecule has 0 bridgehead atoms. The van der Waals surface area contributed by atoms with E-state index in [2.05, 4.69) is 26.1 Å². The lowest BCUT2D eigenvalue weighted by Gasteiger charge is -2.41. The number of rotatable bonds is 4. The molecule has 1 aromatic carbocycles. The second-order valence-electron chi connectivity index (χ2n) is 7.13. The average molecular weight is 290 g/mol. The van der Waals surface area contributed by atoms with Crippen molar-refractivity contribution in [2.24, 2.45) is 11.3 Å². The van der Waals surface area contributed by atoms with E-state index in [0.717, 1.165) is 5.56 Å². The number of benzene rings is 1. The molecular weight excluding hydrogens is 264 g/mol. The number of nitrogens with one attached hydrogen (secondary N) is 1. The van der Waals surface area contributed by atoms with Crippen LogP contribution < -0.4 is 5.32 Å². The summed E-state index contributed by atoms with van der Waals surface area (Å²) < 4.78 is 0. The number of hydrogen-bond donors (Lipinski definition) is 1. The summed E-state index contributed by atoms with van der Waals surface area (Å²) in [6.07, 6.45) is 4.97. The van der Waals surface area contributed by atoms with Gasteiger partial charge in [-0.15, -0.1) is 0 Å². The van der Waals surface area contributed by atoms with E-state index in [1.807, 2.05) is 12.1 Å². The summed E-state index contributed by atoms with van der Waals surface area (Å²) in [7, 11) is 0. The predicted molar refractivity (Wildman–Crippen MR) is 85.1 cm³/mol. The molecule has 21 heavy (non-hydrogen) atoms. The molecule has 1 fully saturated rings. The van der Waals surface area contributed by atoms with Gasteiger partial charge >= 0.3 is 0 Å². The third kappa shape index (κ3) is 4.03. The Balaban J connectivity index is 2.06. The highest BCUT2D eigenvalue weighted by Crippen LogP contribution is 2.38. The first-order valence-corrected chi connectivity index (χ1v) is 7.85. The highest BCUT2D eigenvalue weighted by molar-refractivity contribution is 5.39. The molecule has 1 N–H and O–H groups in total. The van der Waals surface area contributed by atoms with Crippen LogP contribution in [0.15, 0.2) is 24.3 Å². The molecule has 1 aliphatic carbocycles. The molecule has 2 unspecified atom stereocenters. The quantitative estimate of drug-likeness (QED) is 0.665. The second kappa shape index (κ2) is 6.56. The van der Waals surface area contributed by atoms with Gasteiger partial charge in [0.1, 0.15) is 0 Å². The van der Waals surface area contributed by atoms with Gasteiger partial charge in [-0.2, -0.15) is 0 Å². The first-order valence-electron chi connectivity index (χ1n) is 7.85. The van der Waals surface area contributed by atoms with Crippen molar-refractivity contribution >= 4 is 5.69 Å². The fraction of sp³-hybridized carbons (Fsp3) is 0.647. The lowest BCUT2D eigenvalue weighted by Crippen LogP contribution is -2.44. The number of para-hydroxylation sites is 1. The lowest BCUT2D eigenvalue weighted by atomic mass is 9.69. The van der Waals surface area contributed by atoms with Gasteiger partial charge in [0.2, 0.25) is 0 Å². The first-order chi connectivity index (χ1) is 9.89. The smallest absolute Gasteiger partial charge is 0.273 e. The van der Waals surface area contributed by atoms with Gasteiger partial charge in [0.05, 0.1) is 4.92 Å². The molecule has 0 heterocycles. The Labute approximate surface area is 127 Å². The van der Waals surface area contributed by atoms with Crippen molar-refractivity contribution in [2.45, 2.75) is 59.0 Å². The summed E-state index contributed by atoms with van der Waals surface area (Å²) in [6.45, 7) is 7.46. The Kier molecular flexibility index (Phi) is 4.99. The summed E-state index contributed by atoms with van der Waals surface area (Å²) in [6, 6.07) is 7.48. The molecule has 0 aliphatic heterocycles. The maximum Gasteiger partial charge on any atom is 0.273 e. The molecule has 0 aromatic heterocycles. The third-order valence-electron chi connectivity index (χ3n) is 4.62. The number of nitro groups is 1. The van der Waals surface area contributed by atoms with Crippen LogP contribution in [0.2, 0.25) is 0 Å². The number of nitro benzene ring substituents is 1. The molecule has 116 valence electrons. The zero-order chi connectivity index (χ0) is 15.5.